The molecule has 1 fully saturated rings. The lowest BCUT2D eigenvalue weighted by Crippen LogP contribution is -2.29. The quantitative estimate of drug-likeness (QED) is 0.659. The summed E-state index contributed by atoms with van der Waals surface area (Å²) < 4.78 is 5.51. The minimum atomic E-state index is -0.716. The zero-order chi connectivity index (χ0) is 9.19. The van der Waals surface area contributed by atoms with Crippen molar-refractivity contribution in [3.63, 3.8) is 0 Å². The number of ether oxygens (including phenoxy) is 1. The van der Waals surface area contributed by atoms with Crippen LogP contribution in [0.5, 0.6) is 0 Å². The second kappa shape index (κ2) is 3.73. The second-order valence-corrected chi connectivity index (χ2v) is 4.32. The highest BCUT2D eigenvalue weighted by Gasteiger charge is 2.24. The maximum absolute atomic E-state index is 9.39. The summed E-state index contributed by atoms with van der Waals surface area (Å²) in [5.74, 6) is 0. The highest BCUT2D eigenvalue weighted by molar-refractivity contribution is 4.79. The fraction of sp³-hybridized carbons (Fsp3) is 1.00. The summed E-state index contributed by atoms with van der Waals surface area (Å²) >= 11 is 0. The molecule has 3 N–H and O–H groups in total. The molecule has 72 valence electrons. The van der Waals surface area contributed by atoms with Crippen molar-refractivity contribution in [1.29, 1.82) is 0 Å². The minimum Gasteiger partial charge on any atom is -0.388 e. The second-order valence-electron chi connectivity index (χ2n) is 4.32. The third kappa shape index (κ3) is 3.52. The molecule has 0 aromatic rings. The van der Waals surface area contributed by atoms with E-state index in [4.69, 9.17) is 10.5 Å². The molecule has 2 unspecified atom stereocenters. The lowest BCUT2D eigenvalue weighted by Gasteiger charge is -2.20. The Hall–Kier alpha value is -0.120. The maximum Gasteiger partial charge on any atom is 0.0824 e. The Kier molecular flexibility index (Phi) is 3.09. The van der Waals surface area contributed by atoms with Crippen molar-refractivity contribution >= 4 is 0 Å². The summed E-state index contributed by atoms with van der Waals surface area (Å²) in [4.78, 5) is 0. The molecule has 1 aliphatic rings. The average Bonchev–Trinajstić information content (AvgIpc) is 2.30. The van der Waals surface area contributed by atoms with Crippen molar-refractivity contribution in [2.45, 2.75) is 50.9 Å². The molecular formula is C9H19NO2. The monoisotopic (exact) mass is 173 g/mol. The summed E-state index contributed by atoms with van der Waals surface area (Å²) in [6.07, 6.45) is 3.30. The number of aliphatic hydroxyl groups is 1. The van der Waals surface area contributed by atoms with Crippen LogP contribution in [0.4, 0.5) is 0 Å². The molecule has 1 aliphatic carbocycles. The fourth-order valence-corrected chi connectivity index (χ4v) is 1.45. The predicted octanol–water partition coefficient (Wildman–Crippen LogP) is 0.654. The van der Waals surface area contributed by atoms with Gasteiger partial charge in [-0.3, -0.25) is 0 Å². The molecule has 0 aromatic carbocycles. The number of hydrogen-bond donors (Lipinski definition) is 2. The van der Waals surface area contributed by atoms with Gasteiger partial charge < -0.3 is 15.6 Å². The molecule has 0 saturated heterocycles. The third-order valence-corrected chi connectivity index (χ3v) is 2.10. The smallest absolute Gasteiger partial charge is 0.0824 e. The highest BCUT2D eigenvalue weighted by atomic mass is 16.5. The van der Waals surface area contributed by atoms with E-state index in [2.05, 4.69) is 0 Å². The first-order valence-electron chi connectivity index (χ1n) is 4.57. The van der Waals surface area contributed by atoms with E-state index in [0.29, 0.717) is 12.6 Å². The molecule has 0 spiro atoms. The lowest BCUT2D eigenvalue weighted by molar-refractivity contribution is -0.0508. The molecule has 1 saturated carbocycles. The molecular weight excluding hydrogens is 154 g/mol. The average molecular weight is 173 g/mol. The molecule has 0 amide bonds. The van der Waals surface area contributed by atoms with E-state index in [1.807, 2.05) is 0 Å². The zero-order valence-electron chi connectivity index (χ0n) is 7.92. The van der Waals surface area contributed by atoms with E-state index in [9.17, 15) is 5.11 Å². The van der Waals surface area contributed by atoms with Crippen LogP contribution in [-0.4, -0.2) is 29.5 Å². The van der Waals surface area contributed by atoms with Gasteiger partial charge in [0.15, 0.2) is 0 Å². The van der Waals surface area contributed by atoms with Crippen LogP contribution in [-0.2, 0) is 4.74 Å². The van der Waals surface area contributed by atoms with Gasteiger partial charge in [0.05, 0.1) is 18.3 Å². The van der Waals surface area contributed by atoms with Crippen molar-refractivity contribution in [3.05, 3.63) is 0 Å². The van der Waals surface area contributed by atoms with Crippen LogP contribution in [0, 0.1) is 0 Å². The number of nitrogens with two attached hydrogens (primary N) is 1. The van der Waals surface area contributed by atoms with E-state index in [1.54, 1.807) is 13.8 Å². The van der Waals surface area contributed by atoms with Crippen molar-refractivity contribution in [2.24, 2.45) is 5.73 Å². The summed E-state index contributed by atoms with van der Waals surface area (Å²) in [7, 11) is 0. The lowest BCUT2D eigenvalue weighted by atomic mass is 10.1. The molecule has 0 heterocycles. The van der Waals surface area contributed by atoms with Gasteiger partial charge in [0.1, 0.15) is 0 Å². The SMILES string of the molecule is CC(C)(O)COC1CCC(N)C1. The molecule has 3 heteroatoms. The Bertz CT molecular complexity index is 142. The van der Waals surface area contributed by atoms with Gasteiger partial charge in [0.2, 0.25) is 0 Å². The van der Waals surface area contributed by atoms with Crippen molar-refractivity contribution in [1.82, 2.24) is 0 Å². The van der Waals surface area contributed by atoms with Gasteiger partial charge in [-0.2, -0.15) is 0 Å². The van der Waals surface area contributed by atoms with Gasteiger partial charge in [0, 0.05) is 6.04 Å². The van der Waals surface area contributed by atoms with Crippen molar-refractivity contribution in [2.75, 3.05) is 6.61 Å². The predicted molar refractivity (Wildman–Crippen MR) is 47.9 cm³/mol. The van der Waals surface area contributed by atoms with Gasteiger partial charge in [-0.05, 0) is 33.1 Å². The van der Waals surface area contributed by atoms with E-state index < -0.39 is 5.60 Å². The van der Waals surface area contributed by atoms with Crippen molar-refractivity contribution in [3.8, 4) is 0 Å². The largest absolute Gasteiger partial charge is 0.388 e. The topological polar surface area (TPSA) is 55.5 Å². The summed E-state index contributed by atoms with van der Waals surface area (Å²) in [5, 5.41) is 9.39. The van der Waals surface area contributed by atoms with Gasteiger partial charge in [0.25, 0.3) is 0 Å². The Morgan fingerprint density at radius 1 is 1.50 bits per heavy atom. The van der Waals surface area contributed by atoms with Crippen LogP contribution in [0.15, 0.2) is 0 Å². The van der Waals surface area contributed by atoms with Crippen LogP contribution in [0.1, 0.15) is 33.1 Å². The molecule has 0 radical (unpaired) electrons. The molecule has 2 atom stereocenters. The van der Waals surface area contributed by atoms with E-state index >= 15 is 0 Å². The van der Waals surface area contributed by atoms with Gasteiger partial charge in [-0.25, -0.2) is 0 Å². The Balaban J connectivity index is 2.16. The summed E-state index contributed by atoms with van der Waals surface area (Å²) in [6, 6.07) is 0.303. The Morgan fingerprint density at radius 3 is 2.58 bits per heavy atom. The highest BCUT2D eigenvalue weighted by Crippen LogP contribution is 2.21. The first kappa shape index (κ1) is 9.96. The first-order chi connectivity index (χ1) is 5.47. The maximum atomic E-state index is 9.39. The van der Waals surface area contributed by atoms with Crippen LogP contribution in [0.3, 0.4) is 0 Å². The first-order valence-corrected chi connectivity index (χ1v) is 4.57. The van der Waals surface area contributed by atoms with Crippen LogP contribution in [0.25, 0.3) is 0 Å². The van der Waals surface area contributed by atoms with Crippen LogP contribution in [0.2, 0.25) is 0 Å². The standard InChI is InChI=1S/C9H19NO2/c1-9(2,11)6-12-8-4-3-7(10)5-8/h7-8,11H,3-6,10H2,1-2H3. The summed E-state index contributed by atoms with van der Waals surface area (Å²) in [5.41, 5.74) is 5.01. The fourth-order valence-electron chi connectivity index (χ4n) is 1.45. The Labute approximate surface area is 73.9 Å². The van der Waals surface area contributed by atoms with Crippen LogP contribution < -0.4 is 5.73 Å². The van der Waals surface area contributed by atoms with Crippen molar-refractivity contribution < 1.29 is 9.84 Å². The molecule has 0 aromatic heterocycles. The van der Waals surface area contributed by atoms with E-state index in [-0.39, 0.29) is 6.10 Å². The molecule has 0 bridgehead atoms. The number of hydrogen-bond acceptors (Lipinski definition) is 3. The molecule has 3 nitrogen and oxygen atoms in total. The van der Waals surface area contributed by atoms with Gasteiger partial charge >= 0.3 is 0 Å². The normalized spacial score (nSPS) is 31.0. The minimum absolute atomic E-state index is 0.270. The molecule has 12 heavy (non-hydrogen) atoms. The molecule has 1 rings (SSSR count). The third-order valence-electron chi connectivity index (χ3n) is 2.10. The van der Waals surface area contributed by atoms with E-state index in [1.165, 1.54) is 0 Å². The van der Waals surface area contributed by atoms with Gasteiger partial charge in [-0.1, -0.05) is 0 Å². The van der Waals surface area contributed by atoms with Crippen LogP contribution >= 0.6 is 0 Å². The van der Waals surface area contributed by atoms with Gasteiger partial charge in [-0.15, -0.1) is 0 Å². The Morgan fingerprint density at radius 2 is 2.17 bits per heavy atom. The summed E-state index contributed by atoms with van der Waals surface area (Å²) in [6.45, 7) is 3.91. The zero-order valence-corrected chi connectivity index (χ0v) is 7.92. The molecule has 0 aliphatic heterocycles. The van der Waals surface area contributed by atoms with E-state index in [0.717, 1.165) is 19.3 Å². The number of rotatable bonds is 3.